The molecule has 17 heavy (non-hydrogen) atoms. The molecule has 5 heteroatoms. The van der Waals surface area contributed by atoms with Gasteiger partial charge in [-0.25, -0.2) is 0 Å². The molecule has 1 rings (SSSR count). The van der Waals surface area contributed by atoms with E-state index < -0.39 is 0 Å². The Balaban J connectivity index is 2.30. The summed E-state index contributed by atoms with van der Waals surface area (Å²) in [5.74, 6) is 0.0446. The molecule has 96 valence electrons. The van der Waals surface area contributed by atoms with Gasteiger partial charge in [0.15, 0.2) is 0 Å². The molecule has 3 N–H and O–H groups in total. The first-order valence-electron chi connectivity index (χ1n) is 6.05. The smallest absolute Gasteiger partial charge is 0.224 e. The summed E-state index contributed by atoms with van der Waals surface area (Å²) in [6.45, 7) is 8.83. The first-order valence-corrected chi connectivity index (χ1v) is 6.05. The topological polar surface area (TPSA) is 69.8 Å². The zero-order chi connectivity index (χ0) is 12.8. The maximum atomic E-state index is 11.7. The normalized spacial score (nSPS) is 10.9. The van der Waals surface area contributed by atoms with E-state index in [1.165, 1.54) is 0 Å². The first-order chi connectivity index (χ1) is 8.00. The largest absolute Gasteiger partial charge is 0.323 e. The third-order valence-corrected chi connectivity index (χ3v) is 2.53. The summed E-state index contributed by atoms with van der Waals surface area (Å²) in [6.07, 6.45) is 1.38. The van der Waals surface area contributed by atoms with Crippen molar-refractivity contribution in [2.24, 2.45) is 0 Å². The van der Waals surface area contributed by atoms with Crippen LogP contribution in [0.1, 0.15) is 38.1 Å². The lowest BCUT2D eigenvalue weighted by Gasteiger charge is -2.08. The average molecular weight is 238 g/mol. The Morgan fingerprint density at radius 3 is 2.65 bits per heavy atom. The van der Waals surface area contributed by atoms with E-state index in [2.05, 4.69) is 34.7 Å². The van der Waals surface area contributed by atoms with Gasteiger partial charge in [-0.05, 0) is 26.8 Å². The molecular formula is C12H22N4O. The van der Waals surface area contributed by atoms with E-state index in [9.17, 15) is 4.79 Å². The number of hydrogen-bond acceptors (Lipinski definition) is 3. The molecule has 0 fully saturated rings. The SMILES string of the molecule is Cc1n[nH]c(C)c1NC(=O)CCCNC(C)C. The minimum absolute atomic E-state index is 0.0446. The monoisotopic (exact) mass is 238 g/mol. The van der Waals surface area contributed by atoms with E-state index in [0.29, 0.717) is 12.5 Å². The Hall–Kier alpha value is -1.36. The number of carbonyl (C=O) groups is 1. The van der Waals surface area contributed by atoms with E-state index in [4.69, 9.17) is 0 Å². The van der Waals surface area contributed by atoms with Crippen LogP contribution in [0.4, 0.5) is 5.69 Å². The Morgan fingerprint density at radius 1 is 1.41 bits per heavy atom. The van der Waals surface area contributed by atoms with Crippen molar-refractivity contribution < 1.29 is 4.79 Å². The first kappa shape index (κ1) is 13.7. The molecule has 1 aromatic rings. The summed E-state index contributed by atoms with van der Waals surface area (Å²) in [6, 6.07) is 0.469. The number of anilines is 1. The lowest BCUT2D eigenvalue weighted by atomic mass is 10.2. The highest BCUT2D eigenvalue weighted by Gasteiger charge is 2.09. The van der Waals surface area contributed by atoms with Crippen molar-refractivity contribution in [3.63, 3.8) is 0 Å². The van der Waals surface area contributed by atoms with E-state index in [1.54, 1.807) is 0 Å². The van der Waals surface area contributed by atoms with Crippen LogP contribution in [-0.2, 0) is 4.79 Å². The summed E-state index contributed by atoms with van der Waals surface area (Å²) in [5, 5.41) is 13.1. The van der Waals surface area contributed by atoms with Crippen LogP contribution in [0, 0.1) is 13.8 Å². The van der Waals surface area contributed by atoms with E-state index in [-0.39, 0.29) is 5.91 Å². The Labute approximate surface area is 102 Å². The zero-order valence-corrected chi connectivity index (χ0v) is 11.1. The fraction of sp³-hybridized carbons (Fsp3) is 0.667. The lowest BCUT2D eigenvalue weighted by Crippen LogP contribution is -2.24. The van der Waals surface area contributed by atoms with Crippen LogP contribution in [0.15, 0.2) is 0 Å². The second kappa shape index (κ2) is 6.39. The number of hydrogen-bond donors (Lipinski definition) is 3. The number of aromatic amines is 1. The number of amides is 1. The second-order valence-electron chi connectivity index (χ2n) is 4.57. The number of aryl methyl sites for hydroxylation is 2. The number of nitrogens with one attached hydrogen (secondary N) is 3. The maximum Gasteiger partial charge on any atom is 0.224 e. The third-order valence-electron chi connectivity index (χ3n) is 2.53. The van der Waals surface area contributed by atoms with Gasteiger partial charge in [-0.1, -0.05) is 13.8 Å². The van der Waals surface area contributed by atoms with Crippen LogP contribution in [0.2, 0.25) is 0 Å². The number of H-pyrrole nitrogens is 1. The highest BCUT2D eigenvalue weighted by atomic mass is 16.1. The third kappa shape index (κ3) is 4.56. The summed E-state index contributed by atoms with van der Waals surface area (Å²) < 4.78 is 0. The van der Waals surface area contributed by atoms with E-state index >= 15 is 0 Å². The molecule has 0 bridgehead atoms. The van der Waals surface area contributed by atoms with Gasteiger partial charge in [-0.3, -0.25) is 9.89 Å². The summed E-state index contributed by atoms with van der Waals surface area (Å²) in [5.41, 5.74) is 2.54. The van der Waals surface area contributed by atoms with Crippen LogP contribution in [0.3, 0.4) is 0 Å². The lowest BCUT2D eigenvalue weighted by molar-refractivity contribution is -0.116. The number of aromatic nitrogens is 2. The molecule has 0 aromatic carbocycles. The summed E-state index contributed by atoms with van der Waals surface area (Å²) >= 11 is 0. The molecule has 0 spiro atoms. The van der Waals surface area contributed by atoms with Gasteiger partial charge in [0, 0.05) is 12.5 Å². The van der Waals surface area contributed by atoms with Gasteiger partial charge in [0.05, 0.1) is 17.1 Å². The standard InChI is InChI=1S/C12H22N4O/c1-8(2)13-7-5-6-11(17)14-12-9(3)15-16-10(12)4/h8,13H,5-7H2,1-4H3,(H,14,17)(H,15,16). The van der Waals surface area contributed by atoms with Crippen molar-refractivity contribution in [3.05, 3.63) is 11.4 Å². The number of nitrogens with zero attached hydrogens (tertiary/aromatic N) is 1. The average Bonchev–Trinajstić information content (AvgIpc) is 2.56. The van der Waals surface area contributed by atoms with Crippen LogP contribution in [0.5, 0.6) is 0 Å². The molecule has 0 radical (unpaired) electrons. The van der Waals surface area contributed by atoms with Crippen molar-refractivity contribution in [2.45, 2.75) is 46.6 Å². The predicted octanol–water partition coefficient (Wildman–Crippen LogP) is 1.74. The molecule has 0 unspecified atom stereocenters. The fourth-order valence-electron chi connectivity index (χ4n) is 1.58. The molecule has 0 saturated heterocycles. The molecule has 0 aliphatic rings. The highest BCUT2D eigenvalue weighted by molar-refractivity contribution is 5.91. The minimum Gasteiger partial charge on any atom is -0.323 e. The van der Waals surface area contributed by atoms with Gasteiger partial charge < -0.3 is 10.6 Å². The van der Waals surface area contributed by atoms with E-state index in [0.717, 1.165) is 30.0 Å². The van der Waals surface area contributed by atoms with Gasteiger partial charge in [0.2, 0.25) is 5.91 Å². The van der Waals surface area contributed by atoms with E-state index in [1.807, 2.05) is 13.8 Å². The van der Waals surface area contributed by atoms with Crippen molar-refractivity contribution in [3.8, 4) is 0 Å². The Bertz CT molecular complexity index is 351. The van der Waals surface area contributed by atoms with Gasteiger partial charge in [-0.2, -0.15) is 5.10 Å². The molecule has 1 heterocycles. The maximum absolute atomic E-state index is 11.7. The predicted molar refractivity (Wildman–Crippen MR) is 69.1 cm³/mol. The van der Waals surface area contributed by atoms with Gasteiger partial charge in [-0.15, -0.1) is 0 Å². The summed E-state index contributed by atoms with van der Waals surface area (Å²) in [4.78, 5) is 11.7. The molecule has 0 saturated carbocycles. The second-order valence-corrected chi connectivity index (χ2v) is 4.57. The molecule has 1 amide bonds. The molecule has 0 aliphatic heterocycles. The van der Waals surface area contributed by atoms with Crippen LogP contribution in [-0.4, -0.2) is 28.7 Å². The number of carbonyl (C=O) groups excluding carboxylic acids is 1. The van der Waals surface area contributed by atoms with Crippen molar-refractivity contribution >= 4 is 11.6 Å². The molecule has 0 atom stereocenters. The van der Waals surface area contributed by atoms with Gasteiger partial charge >= 0.3 is 0 Å². The Kier molecular flexibility index (Phi) is 5.15. The Morgan fingerprint density at radius 2 is 2.12 bits per heavy atom. The molecule has 0 aliphatic carbocycles. The van der Waals surface area contributed by atoms with Gasteiger partial charge in [0.25, 0.3) is 0 Å². The summed E-state index contributed by atoms with van der Waals surface area (Å²) in [7, 11) is 0. The van der Waals surface area contributed by atoms with Crippen molar-refractivity contribution in [1.82, 2.24) is 15.5 Å². The van der Waals surface area contributed by atoms with Gasteiger partial charge in [0.1, 0.15) is 0 Å². The van der Waals surface area contributed by atoms with Crippen LogP contribution >= 0.6 is 0 Å². The molecule has 1 aromatic heterocycles. The van der Waals surface area contributed by atoms with Crippen LogP contribution in [0.25, 0.3) is 0 Å². The molecular weight excluding hydrogens is 216 g/mol. The van der Waals surface area contributed by atoms with Crippen LogP contribution < -0.4 is 10.6 Å². The molecule has 5 nitrogen and oxygen atoms in total. The number of rotatable bonds is 6. The van der Waals surface area contributed by atoms with Crippen molar-refractivity contribution in [2.75, 3.05) is 11.9 Å². The quantitative estimate of drug-likeness (QED) is 0.661. The highest BCUT2D eigenvalue weighted by Crippen LogP contribution is 2.16. The van der Waals surface area contributed by atoms with Crippen molar-refractivity contribution in [1.29, 1.82) is 0 Å². The fourth-order valence-corrected chi connectivity index (χ4v) is 1.58. The minimum atomic E-state index is 0.0446. The zero-order valence-electron chi connectivity index (χ0n) is 11.1.